The third kappa shape index (κ3) is 5.54. The molecule has 1 atom stereocenters. The second-order valence-electron chi connectivity index (χ2n) is 7.73. The standard InChI is InChI=1S/C23H29N5O6/c1-13(12-31-4)24-21(29)11-28-15(3)22(14(2)26-28)25-23(30)20-10-17(27-34-20)16-7-8-18(32-5)19(9-16)33-6/h7-10,13H,11-12H2,1-6H3,(H,24,29)(H,25,30)/t13-/m1/s1. The van der Waals surface area contributed by atoms with Gasteiger partial charge in [0, 0.05) is 24.8 Å². The Bertz CT molecular complexity index is 1170. The van der Waals surface area contributed by atoms with E-state index in [9.17, 15) is 9.59 Å². The largest absolute Gasteiger partial charge is 0.493 e. The Morgan fingerprint density at radius 3 is 2.53 bits per heavy atom. The summed E-state index contributed by atoms with van der Waals surface area (Å²) in [5.41, 5.74) is 2.89. The summed E-state index contributed by atoms with van der Waals surface area (Å²) < 4.78 is 22.4. The Hall–Kier alpha value is -3.86. The number of carbonyl (C=O) groups is 2. The van der Waals surface area contributed by atoms with E-state index in [4.69, 9.17) is 18.7 Å². The number of hydrogen-bond donors (Lipinski definition) is 2. The average Bonchev–Trinajstić information content (AvgIpc) is 3.40. The Kier molecular flexibility index (Phi) is 7.90. The highest BCUT2D eigenvalue weighted by Crippen LogP contribution is 2.32. The molecule has 2 N–H and O–H groups in total. The summed E-state index contributed by atoms with van der Waals surface area (Å²) in [4.78, 5) is 25.1. The first kappa shape index (κ1) is 24.8. The minimum absolute atomic E-state index is 0.0162. The summed E-state index contributed by atoms with van der Waals surface area (Å²) in [5, 5.41) is 14.0. The van der Waals surface area contributed by atoms with Gasteiger partial charge >= 0.3 is 0 Å². The fourth-order valence-corrected chi connectivity index (χ4v) is 3.47. The van der Waals surface area contributed by atoms with Gasteiger partial charge in [-0.2, -0.15) is 5.10 Å². The van der Waals surface area contributed by atoms with Crippen molar-refractivity contribution in [1.82, 2.24) is 20.3 Å². The van der Waals surface area contributed by atoms with Crippen LogP contribution in [0.1, 0.15) is 28.9 Å². The van der Waals surface area contributed by atoms with E-state index < -0.39 is 5.91 Å². The summed E-state index contributed by atoms with van der Waals surface area (Å²) >= 11 is 0. The van der Waals surface area contributed by atoms with Gasteiger partial charge in [0.15, 0.2) is 11.5 Å². The second kappa shape index (κ2) is 10.8. The Labute approximate surface area is 197 Å². The lowest BCUT2D eigenvalue weighted by Gasteiger charge is -2.13. The summed E-state index contributed by atoms with van der Waals surface area (Å²) in [6, 6.07) is 6.69. The van der Waals surface area contributed by atoms with Crippen LogP contribution in [0.4, 0.5) is 5.69 Å². The summed E-state index contributed by atoms with van der Waals surface area (Å²) in [7, 11) is 4.67. The maximum absolute atomic E-state index is 12.8. The number of aromatic nitrogens is 3. The van der Waals surface area contributed by atoms with Gasteiger partial charge < -0.3 is 29.4 Å². The molecule has 182 valence electrons. The molecule has 0 fully saturated rings. The summed E-state index contributed by atoms with van der Waals surface area (Å²) in [6.45, 7) is 5.80. The zero-order valence-corrected chi connectivity index (χ0v) is 20.1. The molecule has 1 aromatic carbocycles. The first-order valence-corrected chi connectivity index (χ1v) is 10.6. The van der Waals surface area contributed by atoms with Crippen LogP contribution in [-0.2, 0) is 16.1 Å². The highest BCUT2D eigenvalue weighted by Gasteiger charge is 2.20. The minimum atomic E-state index is -0.483. The number of nitrogens with zero attached hydrogens (tertiary/aromatic N) is 3. The molecule has 0 aliphatic rings. The van der Waals surface area contributed by atoms with Crippen LogP contribution in [0.2, 0.25) is 0 Å². The van der Waals surface area contributed by atoms with Gasteiger partial charge in [-0.05, 0) is 39.0 Å². The zero-order valence-electron chi connectivity index (χ0n) is 20.1. The van der Waals surface area contributed by atoms with E-state index in [1.165, 1.54) is 17.9 Å². The topological polar surface area (TPSA) is 130 Å². The molecule has 2 heterocycles. The maximum Gasteiger partial charge on any atom is 0.294 e. The van der Waals surface area contributed by atoms with E-state index in [-0.39, 0.29) is 24.3 Å². The number of methoxy groups -OCH3 is 3. The number of ether oxygens (including phenoxy) is 3. The van der Waals surface area contributed by atoms with Gasteiger partial charge in [0.2, 0.25) is 11.7 Å². The van der Waals surface area contributed by atoms with Crippen LogP contribution >= 0.6 is 0 Å². The molecular weight excluding hydrogens is 442 g/mol. The molecule has 34 heavy (non-hydrogen) atoms. The number of benzene rings is 1. The van der Waals surface area contributed by atoms with Gasteiger partial charge in [-0.15, -0.1) is 0 Å². The quantitative estimate of drug-likeness (QED) is 0.462. The van der Waals surface area contributed by atoms with E-state index in [0.29, 0.717) is 46.4 Å². The van der Waals surface area contributed by atoms with Crippen molar-refractivity contribution in [3.8, 4) is 22.8 Å². The smallest absolute Gasteiger partial charge is 0.294 e. The highest BCUT2D eigenvalue weighted by molar-refractivity contribution is 6.03. The van der Waals surface area contributed by atoms with Crippen LogP contribution in [0.15, 0.2) is 28.8 Å². The van der Waals surface area contributed by atoms with E-state index in [0.717, 1.165) is 0 Å². The fraction of sp³-hybridized carbons (Fsp3) is 0.391. The van der Waals surface area contributed by atoms with Crippen LogP contribution in [0.5, 0.6) is 11.5 Å². The lowest BCUT2D eigenvalue weighted by Crippen LogP contribution is -2.38. The van der Waals surface area contributed by atoms with E-state index in [1.54, 1.807) is 46.3 Å². The van der Waals surface area contributed by atoms with E-state index >= 15 is 0 Å². The van der Waals surface area contributed by atoms with Crippen LogP contribution in [0.3, 0.4) is 0 Å². The third-order valence-corrected chi connectivity index (χ3v) is 5.15. The SMILES string of the molecule is COC[C@@H](C)NC(=O)Cn1nc(C)c(NC(=O)c2cc(-c3ccc(OC)c(OC)c3)no2)c1C. The number of hydrogen-bond acceptors (Lipinski definition) is 8. The molecule has 11 heteroatoms. The second-order valence-corrected chi connectivity index (χ2v) is 7.73. The van der Waals surface area contributed by atoms with Crippen LogP contribution in [-0.4, -0.2) is 60.7 Å². The van der Waals surface area contributed by atoms with Crippen molar-refractivity contribution >= 4 is 17.5 Å². The van der Waals surface area contributed by atoms with Crippen molar-refractivity contribution in [3.05, 3.63) is 41.4 Å². The van der Waals surface area contributed by atoms with Crippen LogP contribution < -0.4 is 20.1 Å². The molecule has 0 aliphatic carbocycles. The van der Waals surface area contributed by atoms with Gasteiger partial charge in [0.1, 0.15) is 12.2 Å². The predicted molar refractivity (Wildman–Crippen MR) is 124 cm³/mol. The highest BCUT2D eigenvalue weighted by atomic mass is 16.5. The molecule has 2 aromatic heterocycles. The van der Waals surface area contributed by atoms with Crippen molar-refractivity contribution in [3.63, 3.8) is 0 Å². The van der Waals surface area contributed by atoms with Gasteiger partial charge in [0.05, 0.1) is 37.9 Å². The molecule has 0 saturated carbocycles. The normalized spacial score (nSPS) is 11.7. The van der Waals surface area contributed by atoms with Crippen molar-refractivity contribution < 1.29 is 28.3 Å². The maximum atomic E-state index is 12.8. The Morgan fingerprint density at radius 1 is 1.12 bits per heavy atom. The molecule has 0 radical (unpaired) electrons. The third-order valence-electron chi connectivity index (χ3n) is 5.15. The number of amides is 2. The molecule has 0 bridgehead atoms. The van der Waals surface area contributed by atoms with Gasteiger partial charge in [-0.25, -0.2) is 0 Å². The molecule has 11 nitrogen and oxygen atoms in total. The number of anilines is 1. The molecule has 0 aliphatic heterocycles. The number of nitrogens with one attached hydrogen (secondary N) is 2. The monoisotopic (exact) mass is 471 g/mol. The van der Waals surface area contributed by atoms with E-state index in [2.05, 4.69) is 20.9 Å². The molecular formula is C23H29N5O6. The predicted octanol–water partition coefficient (Wildman–Crippen LogP) is 2.58. The average molecular weight is 472 g/mol. The first-order chi connectivity index (χ1) is 16.3. The van der Waals surface area contributed by atoms with Crippen LogP contribution in [0, 0.1) is 13.8 Å². The number of rotatable bonds is 10. The Morgan fingerprint density at radius 2 is 1.85 bits per heavy atom. The van der Waals surface area contributed by atoms with Crippen molar-refractivity contribution in [1.29, 1.82) is 0 Å². The number of carbonyl (C=O) groups excluding carboxylic acids is 2. The zero-order chi connectivity index (χ0) is 24.8. The number of aryl methyl sites for hydroxylation is 1. The minimum Gasteiger partial charge on any atom is -0.493 e. The summed E-state index contributed by atoms with van der Waals surface area (Å²) in [5.74, 6) is 0.458. The molecule has 3 aromatic rings. The molecule has 0 saturated heterocycles. The lowest BCUT2D eigenvalue weighted by molar-refractivity contribution is -0.122. The lowest BCUT2D eigenvalue weighted by atomic mass is 10.1. The van der Waals surface area contributed by atoms with Crippen LogP contribution in [0.25, 0.3) is 11.3 Å². The summed E-state index contributed by atoms with van der Waals surface area (Å²) in [6.07, 6.45) is 0. The molecule has 0 spiro atoms. The molecule has 3 rings (SSSR count). The molecule has 2 amide bonds. The first-order valence-electron chi connectivity index (χ1n) is 10.6. The Balaban J connectivity index is 1.72. The van der Waals surface area contributed by atoms with Crippen molar-refractivity contribution in [2.24, 2.45) is 0 Å². The van der Waals surface area contributed by atoms with Gasteiger partial charge in [-0.3, -0.25) is 14.3 Å². The van der Waals surface area contributed by atoms with E-state index in [1.807, 2.05) is 6.92 Å². The van der Waals surface area contributed by atoms with Gasteiger partial charge in [0.25, 0.3) is 5.91 Å². The fourth-order valence-electron chi connectivity index (χ4n) is 3.47. The van der Waals surface area contributed by atoms with Crippen molar-refractivity contribution in [2.45, 2.75) is 33.4 Å². The van der Waals surface area contributed by atoms with Crippen molar-refractivity contribution in [2.75, 3.05) is 33.3 Å². The van der Waals surface area contributed by atoms with Gasteiger partial charge in [-0.1, -0.05) is 5.16 Å². The molecule has 0 unspecified atom stereocenters.